The molecule has 0 amide bonds. The van der Waals surface area contributed by atoms with Crippen LogP contribution in [0.15, 0.2) is 0 Å². The Morgan fingerprint density at radius 1 is 0.138 bits per heavy atom. The first-order chi connectivity index (χ1) is 28.7. The number of hydrogen-bond acceptors (Lipinski definition) is 0. The van der Waals surface area contributed by atoms with Crippen LogP contribution in [0, 0.1) is 0 Å². The molecule has 0 nitrogen and oxygen atoms in total. The maximum Gasteiger partial charge on any atom is 0.0594 e. The van der Waals surface area contributed by atoms with E-state index in [-0.39, 0.29) is 0 Å². The van der Waals surface area contributed by atoms with Crippen LogP contribution >= 0.6 is 7.26 Å². The van der Waals surface area contributed by atoms with Gasteiger partial charge in [-0.25, -0.2) is 0 Å². The van der Waals surface area contributed by atoms with Crippen molar-refractivity contribution in [2.24, 2.45) is 0 Å². The van der Waals surface area contributed by atoms with E-state index < -0.39 is 7.26 Å². The van der Waals surface area contributed by atoms with E-state index in [0.717, 1.165) is 0 Å². The highest BCUT2D eigenvalue weighted by molar-refractivity contribution is 7.75. The number of hydrogen-bond donors (Lipinski definition) is 0. The maximum atomic E-state index is 2.35. The molecule has 0 heterocycles. The monoisotopic (exact) mass is 834 g/mol. The van der Waals surface area contributed by atoms with Gasteiger partial charge < -0.3 is 0 Å². The fourth-order valence-electron chi connectivity index (χ4n) is 10.0. The molecule has 1 heteroatoms. The van der Waals surface area contributed by atoms with Crippen LogP contribution < -0.4 is 0 Å². The minimum atomic E-state index is -0.817. The van der Waals surface area contributed by atoms with Crippen LogP contribution in [-0.2, 0) is 0 Å². The molecule has 0 rings (SSSR count). The lowest BCUT2D eigenvalue weighted by Gasteiger charge is -2.28. The van der Waals surface area contributed by atoms with Crippen LogP contribution in [-0.4, -0.2) is 24.6 Å². The predicted molar refractivity (Wildman–Crippen MR) is 275 cm³/mol. The second kappa shape index (κ2) is 51.8. The van der Waals surface area contributed by atoms with E-state index in [4.69, 9.17) is 0 Å². The van der Waals surface area contributed by atoms with Gasteiger partial charge in [-0.1, -0.05) is 291 Å². The number of unbranched alkanes of at least 4 members (excludes halogenated alkanes) is 45. The van der Waals surface area contributed by atoms with Crippen molar-refractivity contribution in [2.75, 3.05) is 24.6 Å². The van der Waals surface area contributed by atoms with Crippen molar-refractivity contribution < 1.29 is 0 Å². The molecule has 58 heavy (non-hydrogen) atoms. The van der Waals surface area contributed by atoms with Crippen molar-refractivity contribution in [3.63, 3.8) is 0 Å². The predicted octanol–water partition coefficient (Wildman–Crippen LogP) is 22.2. The SMILES string of the molecule is CCCCCCCCCCCCCCC[P+](CCCCCCCCCCCC)(CCCCCCCCCCCCCCC)CCCCCCCCCCCCCCC. The molecule has 0 fully saturated rings. The van der Waals surface area contributed by atoms with Crippen molar-refractivity contribution in [3.8, 4) is 0 Å². The van der Waals surface area contributed by atoms with Gasteiger partial charge >= 0.3 is 0 Å². The lowest BCUT2D eigenvalue weighted by molar-refractivity contribution is 0.540. The summed E-state index contributed by atoms with van der Waals surface area (Å²) in [5, 5.41) is 0. The first-order valence-corrected chi connectivity index (χ1v) is 31.1. The Morgan fingerprint density at radius 2 is 0.241 bits per heavy atom. The fourth-order valence-corrected chi connectivity index (χ4v) is 14.9. The van der Waals surface area contributed by atoms with E-state index in [9.17, 15) is 0 Å². The van der Waals surface area contributed by atoms with Gasteiger partial charge in [-0.3, -0.25) is 0 Å². The highest BCUT2D eigenvalue weighted by Crippen LogP contribution is 2.61. The molecule has 0 unspecified atom stereocenters. The van der Waals surface area contributed by atoms with Crippen LogP contribution in [0.4, 0.5) is 0 Å². The average molecular weight is 835 g/mol. The standard InChI is InChI=1S/C57H118P/c1-5-9-13-17-21-25-29-32-35-39-43-47-51-55-58(54-50-46-42-38-28-24-20-16-12-8-4,56-52-48-44-40-36-33-30-26-22-18-14-10-6-2)57-53-49-45-41-37-34-31-27-23-19-15-11-7-3/h5-57H2,1-4H3/q+1. The molecule has 0 radical (unpaired) electrons. The van der Waals surface area contributed by atoms with Crippen LogP contribution in [0.5, 0.6) is 0 Å². The first-order valence-electron chi connectivity index (χ1n) is 28.6. The molecule has 350 valence electrons. The molecule has 0 bridgehead atoms. The van der Waals surface area contributed by atoms with E-state index in [1.807, 2.05) is 0 Å². The van der Waals surface area contributed by atoms with Gasteiger partial charge in [0, 0.05) is 7.26 Å². The maximum absolute atomic E-state index is 2.35. The van der Waals surface area contributed by atoms with Gasteiger partial charge in [0.2, 0.25) is 0 Å². The van der Waals surface area contributed by atoms with E-state index >= 15 is 0 Å². The Morgan fingerprint density at radius 3 is 0.362 bits per heavy atom. The topological polar surface area (TPSA) is 0 Å². The Bertz CT molecular complexity index is 625. The van der Waals surface area contributed by atoms with E-state index in [1.165, 1.54) is 289 Å². The minimum absolute atomic E-state index is 0.817. The molecule has 0 aliphatic carbocycles. The average Bonchev–Trinajstić information content (AvgIpc) is 3.23. The van der Waals surface area contributed by atoms with Crippen molar-refractivity contribution in [1.82, 2.24) is 0 Å². The molecule has 0 atom stereocenters. The molecule has 0 aromatic carbocycles. The Kier molecular flexibility index (Phi) is 52.2. The first kappa shape index (κ1) is 58.4. The zero-order valence-corrected chi connectivity index (χ0v) is 42.8. The van der Waals surface area contributed by atoms with E-state index in [0.29, 0.717) is 0 Å². The molecule has 0 saturated carbocycles. The normalized spacial score (nSPS) is 12.0. The van der Waals surface area contributed by atoms with Gasteiger partial charge in [0.15, 0.2) is 0 Å². The lowest BCUT2D eigenvalue weighted by Crippen LogP contribution is -2.13. The Balaban J connectivity index is 4.89. The van der Waals surface area contributed by atoms with Gasteiger partial charge in [0.25, 0.3) is 0 Å². The van der Waals surface area contributed by atoms with Gasteiger partial charge in [0.1, 0.15) is 0 Å². The summed E-state index contributed by atoms with van der Waals surface area (Å²) in [6, 6.07) is 0. The third-order valence-electron chi connectivity index (χ3n) is 14.2. The molecule has 0 aliphatic heterocycles. The summed E-state index contributed by atoms with van der Waals surface area (Å²) in [6.07, 6.45) is 79.8. The summed E-state index contributed by atoms with van der Waals surface area (Å²) in [4.78, 5) is 0. The number of rotatable bonds is 53. The Labute approximate surface area is 372 Å². The van der Waals surface area contributed by atoms with Crippen LogP contribution in [0.3, 0.4) is 0 Å². The molecule has 0 aromatic rings. The van der Waals surface area contributed by atoms with Gasteiger partial charge in [0.05, 0.1) is 24.6 Å². The highest BCUT2D eigenvalue weighted by Gasteiger charge is 2.35. The Hall–Kier alpha value is 0.430. The molecule has 0 aliphatic rings. The third kappa shape index (κ3) is 45.9. The third-order valence-corrected chi connectivity index (χ3v) is 19.3. The molecular weight excluding hydrogens is 716 g/mol. The summed E-state index contributed by atoms with van der Waals surface area (Å²) < 4.78 is 0. The molecule has 0 N–H and O–H groups in total. The molecule has 0 aromatic heterocycles. The molecule has 0 spiro atoms. The highest BCUT2D eigenvalue weighted by atomic mass is 31.2. The van der Waals surface area contributed by atoms with Gasteiger partial charge in [-0.2, -0.15) is 0 Å². The van der Waals surface area contributed by atoms with Crippen molar-refractivity contribution in [1.29, 1.82) is 0 Å². The van der Waals surface area contributed by atoms with E-state index in [2.05, 4.69) is 27.7 Å². The van der Waals surface area contributed by atoms with Crippen molar-refractivity contribution >= 4 is 7.26 Å². The van der Waals surface area contributed by atoms with Crippen molar-refractivity contribution in [3.05, 3.63) is 0 Å². The van der Waals surface area contributed by atoms with Gasteiger partial charge in [-0.15, -0.1) is 0 Å². The zero-order valence-electron chi connectivity index (χ0n) is 41.9. The van der Waals surface area contributed by atoms with Crippen molar-refractivity contribution in [2.45, 2.75) is 342 Å². The van der Waals surface area contributed by atoms with Crippen LogP contribution in [0.1, 0.15) is 342 Å². The van der Waals surface area contributed by atoms with E-state index in [1.54, 1.807) is 50.3 Å². The largest absolute Gasteiger partial charge is 0.0654 e. The second-order valence-corrected chi connectivity index (χ2v) is 24.6. The molecule has 0 saturated heterocycles. The minimum Gasteiger partial charge on any atom is -0.0654 e. The lowest BCUT2D eigenvalue weighted by atomic mass is 10.0. The second-order valence-electron chi connectivity index (χ2n) is 20.1. The summed E-state index contributed by atoms with van der Waals surface area (Å²) in [5.41, 5.74) is 0. The smallest absolute Gasteiger partial charge is 0.0594 e. The summed E-state index contributed by atoms with van der Waals surface area (Å²) in [7, 11) is -0.817. The zero-order chi connectivity index (χ0) is 42.0. The van der Waals surface area contributed by atoms with Gasteiger partial charge in [-0.05, 0) is 51.4 Å². The fraction of sp³-hybridized carbons (Fsp3) is 1.00. The quantitative estimate of drug-likeness (QED) is 0.0423. The van der Waals surface area contributed by atoms with Crippen LogP contribution in [0.2, 0.25) is 0 Å². The molecular formula is C57H118P+. The summed E-state index contributed by atoms with van der Waals surface area (Å²) in [5.74, 6) is 0. The summed E-state index contributed by atoms with van der Waals surface area (Å²) in [6.45, 7) is 9.35. The summed E-state index contributed by atoms with van der Waals surface area (Å²) >= 11 is 0. The van der Waals surface area contributed by atoms with Crippen LogP contribution in [0.25, 0.3) is 0 Å².